The molecule has 6 heteroatoms. The third kappa shape index (κ3) is 4.98. The fourth-order valence-electron chi connectivity index (χ4n) is 4.26. The summed E-state index contributed by atoms with van der Waals surface area (Å²) < 4.78 is 0. The summed E-state index contributed by atoms with van der Waals surface area (Å²) in [5.74, 6) is 5.35. The molecular weight excluding hydrogens is 366 g/mol. The Morgan fingerprint density at radius 2 is 1.76 bits per heavy atom. The summed E-state index contributed by atoms with van der Waals surface area (Å²) in [4.78, 5) is 29.4. The molecule has 0 saturated carbocycles. The van der Waals surface area contributed by atoms with Gasteiger partial charge in [-0.3, -0.25) is 14.5 Å². The van der Waals surface area contributed by atoms with E-state index in [1.807, 2.05) is 6.07 Å². The quantitative estimate of drug-likeness (QED) is 0.761. The van der Waals surface area contributed by atoms with Crippen LogP contribution in [-0.2, 0) is 4.79 Å². The second-order valence-corrected chi connectivity index (χ2v) is 8.63. The molecule has 29 heavy (non-hydrogen) atoms. The molecule has 6 nitrogen and oxygen atoms in total. The van der Waals surface area contributed by atoms with E-state index in [4.69, 9.17) is 5.73 Å². The molecule has 0 spiro atoms. The first-order valence-corrected chi connectivity index (χ1v) is 10.4. The SMILES string of the molecule is CC(C)(O)C#Cc1cccc(C(=O)N2CCC(C(N)=O)(N3CCCCC3)CC2)c1. The zero-order chi connectivity index (χ0) is 21.1. The topological polar surface area (TPSA) is 86.9 Å². The van der Waals surface area contributed by atoms with Crippen molar-refractivity contribution in [1.82, 2.24) is 9.80 Å². The van der Waals surface area contributed by atoms with Crippen molar-refractivity contribution in [3.05, 3.63) is 35.4 Å². The number of primary amides is 1. The number of amides is 2. The maximum Gasteiger partial charge on any atom is 0.253 e. The lowest BCUT2D eigenvalue weighted by Gasteiger charge is -2.48. The van der Waals surface area contributed by atoms with Crippen LogP contribution >= 0.6 is 0 Å². The minimum absolute atomic E-state index is 0.0615. The van der Waals surface area contributed by atoms with E-state index in [0.717, 1.165) is 25.9 Å². The molecule has 0 radical (unpaired) electrons. The summed E-state index contributed by atoms with van der Waals surface area (Å²) in [6.45, 7) is 6.07. The monoisotopic (exact) mass is 397 g/mol. The van der Waals surface area contributed by atoms with E-state index >= 15 is 0 Å². The molecular formula is C23H31N3O3. The molecule has 3 N–H and O–H groups in total. The molecule has 0 bridgehead atoms. The third-order valence-corrected chi connectivity index (χ3v) is 5.92. The Labute approximate surface area is 173 Å². The summed E-state index contributed by atoms with van der Waals surface area (Å²) in [7, 11) is 0. The van der Waals surface area contributed by atoms with E-state index in [-0.39, 0.29) is 11.8 Å². The number of piperidine rings is 2. The number of rotatable bonds is 3. The van der Waals surface area contributed by atoms with E-state index < -0.39 is 11.1 Å². The van der Waals surface area contributed by atoms with Gasteiger partial charge in [0.2, 0.25) is 5.91 Å². The lowest BCUT2D eigenvalue weighted by molar-refractivity contribution is -0.134. The molecule has 2 saturated heterocycles. The average Bonchev–Trinajstić information content (AvgIpc) is 2.72. The van der Waals surface area contributed by atoms with Crippen molar-refractivity contribution in [2.45, 2.75) is 57.1 Å². The summed E-state index contributed by atoms with van der Waals surface area (Å²) in [6, 6.07) is 7.15. The molecule has 0 aliphatic carbocycles. The van der Waals surface area contributed by atoms with Crippen LogP contribution in [0.5, 0.6) is 0 Å². The van der Waals surface area contributed by atoms with Crippen LogP contribution in [-0.4, -0.2) is 64.0 Å². The van der Waals surface area contributed by atoms with Gasteiger partial charge >= 0.3 is 0 Å². The molecule has 2 fully saturated rings. The minimum atomic E-state index is -1.08. The molecule has 1 aromatic carbocycles. The summed E-state index contributed by atoms with van der Waals surface area (Å²) >= 11 is 0. The Kier molecular flexibility index (Phi) is 6.30. The summed E-state index contributed by atoms with van der Waals surface area (Å²) in [5.41, 5.74) is 5.38. The Morgan fingerprint density at radius 3 is 2.34 bits per heavy atom. The standard InChI is InChI=1S/C23H31N3O3/c1-22(2,29)10-9-18-7-6-8-19(17-18)20(27)25-15-11-23(12-16-25,21(24)28)26-13-4-3-5-14-26/h6-8,17,29H,3-5,11-16H2,1-2H3,(H2,24,28). The second kappa shape index (κ2) is 8.56. The van der Waals surface area contributed by atoms with Gasteiger partial charge in [0, 0.05) is 24.2 Å². The van der Waals surface area contributed by atoms with Crippen molar-refractivity contribution >= 4 is 11.8 Å². The lowest BCUT2D eigenvalue weighted by atomic mass is 9.83. The number of benzene rings is 1. The van der Waals surface area contributed by atoms with Crippen molar-refractivity contribution in [3.8, 4) is 11.8 Å². The van der Waals surface area contributed by atoms with Crippen LogP contribution in [0.25, 0.3) is 0 Å². The minimum Gasteiger partial charge on any atom is -0.378 e. The number of hydrogen-bond donors (Lipinski definition) is 2. The van der Waals surface area contributed by atoms with E-state index in [1.165, 1.54) is 6.42 Å². The van der Waals surface area contributed by atoms with Crippen molar-refractivity contribution in [3.63, 3.8) is 0 Å². The molecule has 2 aliphatic rings. The number of carbonyl (C=O) groups is 2. The number of nitrogens with zero attached hydrogens (tertiary/aromatic N) is 2. The fourth-order valence-corrected chi connectivity index (χ4v) is 4.26. The fraction of sp³-hybridized carbons (Fsp3) is 0.565. The van der Waals surface area contributed by atoms with Crippen LogP contribution in [0, 0.1) is 11.8 Å². The van der Waals surface area contributed by atoms with E-state index in [0.29, 0.717) is 37.1 Å². The van der Waals surface area contributed by atoms with Gasteiger partial charge in [-0.25, -0.2) is 0 Å². The maximum atomic E-state index is 13.0. The van der Waals surface area contributed by atoms with E-state index in [9.17, 15) is 14.7 Å². The first-order chi connectivity index (χ1) is 13.7. The molecule has 2 heterocycles. The Morgan fingerprint density at radius 1 is 1.10 bits per heavy atom. The molecule has 0 aromatic heterocycles. The molecule has 0 unspecified atom stereocenters. The third-order valence-electron chi connectivity index (χ3n) is 5.92. The maximum absolute atomic E-state index is 13.0. The van der Waals surface area contributed by atoms with Crippen LogP contribution in [0.3, 0.4) is 0 Å². The van der Waals surface area contributed by atoms with E-state index in [2.05, 4.69) is 16.7 Å². The first-order valence-electron chi connectivity index (χ1n) is 10.4. The van der Waals surface area contributed by atoms with Crippen molar-refractivity contribution in [2.24, 2.45) is 5.73 Å². The highest BCUT2D eigenvalue weighted by molar-refractivity contribution is 5.95. The molecule has 2 amide bonds. The zero-order valence-corrected chi connectivity index (χ0v) is 17.4. The van der Waals surface area contributed by atoms with Gasteiger partial charge in [-0.1, -0.05) is 24.3 Å². The Bertz CT molecular complexity index is 818. The lowest BCUT2D eigenvalue weighted by Crippen LogP contribution is -2.63. The molecule has 2 aliphatic heterocycles. The van der Waals surface area contributed by atoms with Crippen LogP contribution in [0.4, 0.5) is 0 Å². The normalized spacial score (nSPS) is 19.9. The predicted molar refractivity (Wildman–Crippen MR) is 112 cm³/mol. The van der Waals surface area contributed by atoms with Gasteiger partial charge in [0.25, 0.3) is 5.91 Å². The Balaban J connectivity index is 1.71. The van der Waals surface area contributed by atoms with E-state index in [1.54, 1.807) is 36.9 Å². The highest BCUT2D eigenvalue weighted by Gasteiger charge is 2.45. The van der Waals surface area contributed by atoms with Crippen LogP contribution < -0.4 is 5.73 Å². The molecule has 156 valence electrons. The average molecular weight is 398 g/mol. The van der Waals surface area contributed by atoms with Crippen molar-refractivity contribution in [2.75, 3.05) is 26.2 Å². The van der Waals surface area contributed by atoms with Crippen LogP contribution in [0.2, 0.25) is 0 Å². The number of hydrogen-bond acceptors (Lipinski definition) is 4. The largest absolute Gasteiger partial charge is 0.378 e. The van der Waals surface area contributed by atoms with Gasteiger partial charge in [-0.05, 0) is 70.8 Å². The second-order valence-electron chi connectivity index (χ2n) is 8.63. The molecule has 1 aromatic rings. The highest BCUT2D eigenvalue weighted by Crippen LogP contribution is 2.32. The van der Waals surface area contributed by atoms with Gasteiger partial charge < -0.3 is 15.7 Å². The van der Waals surface area contributed by atoms with Crippen LogP contribution in [0.15, 0.2) is 24.3 Å². The van der Waals surface area contributed by atoms with Gasteiger partial charge in [-0.2, -0.15) is 0 Å². The Hall–Kier alpha value is -2.36. The highest BCUT2D eigenvalue weighted by atomic mass is 16.3. The van der Waals surface area contributed by atoms with Crippen molar-refractivity contribution < 1.29 is 14.7 Å². The number of likely N-dealkylation sites (tertiary alicyclic amines) is 2. The van der Waals surface area contributed by atoms with Gasteiger partial charge in [0.15, 0.2) is 0 Å². The predicted octanol–water partition coefficient (Wildman–Crippen LogP) is 1.75. The van der Waals surface area contributed by atoms with Crippen LogP contribution in [0.1, 0.15) is 61.9 Å². The first kappa shape index (κ1) is 21.4. The number of carbonyl (C=O) groups excluding carboxylic acids is 2. The van der Waals surface area contributed by atoms with Gasteiger partial charge in [0.1, 0.15) is 11.1 Å². The summed E-state index contributed by atoms with van der Waals surface area (Å²) in [5, 5.41) is 9.77. The number of nitrogens with two attached hydrogens (primary N) is 1. The summed E-state index contributed by atoms with van der Waals surface area (Å²) in [6.07, 6.45) is 4.54. The smallest absolute Gasteiger partial charge is 0.253 e. The van der Waals surface area contributed by atoms with Crippen molar-refractivity contribution in [1.29, 1.82) is 0 Å². The van der Waals surface area contributed by atoms with Gasteiger partial charge in [-0.15, -0.1) is 0 Å². The number of aliphatic hydroxyl groups is 1. The zero-order valence-electron chi connectivity index (χ0n) is 17.4. The van der Waals surface area contributed by atoms with Gasteiger partial charge in [0.05, 0.1) is 0 Å². The molecule has 3 rings (SSSR count). The molecule has 0 atom stereocenters.